The Hall–Kier alpha value is -2.04. The fourth-order valence-corrected chi connectivity index (χ4v) is 0.959. The molecule has 0 unspecified atom stereocenters. The van der Waals surface area contributed by atoms with E-state index in [1.165, 1.54) is 12.1 Å². The zero-order valence-electron chi connectivity index (χ0n) is 7.88. The maximum absolute atomic E-state index is 11.1. The van der Waals surface area contributed by atoms with Crippen molar-refractivity contribution >= 4 is 12.4 Å². The Bertz CT molecular complexity index is 330. The topological polar surface area (TPSA) is 72.8 Å². The zero-order chi connectivity index (χ0) is 11.1. The summed E-state index contributed by atoms with van der Waals surface area (Å²) < 4.78 is 8.76. The van der Waals surface area contributed by atoms with Gasteiger partial charge in [-0.15, -0.1) is 0 Å². The normalized spacial score (nSPS) is 9.33. The lowest BCUT2D eigenvalue weighted by Gasteiger charge is -2.03. The van der Waals surface area contributed by atoms with Crippen molar-refractivity contribution in [2.45, 2.75) is 6.42 Å². The number of hydrogen-bond donors (Lipinski definition) is 1. The van der Waals surface area contributed by atoms with Crippen molar-refractivity contribution in [1.82, 2.24) is 0 Å². The van der Waals surface area contributed by atoms with Gasteiger partial charge >= 0.3 is 5.97 Å². The molecular weight excluding hydrogens is 200 g/mol. The highest BCUT2D eigenvalue weighted by Crippen LogP contribution is 2.10. The number of hydrogen-bond acceptors (Lipinski definition) is 5. The molecule has 0 spiro atoms. The van der Waals surface area contributed by atoms with E-state index in [1.54, 1.807) is 12.1 Å². The van der Waals surface area contributed by atoms with Crippen LogP contribution in [-0.2, 0) is 25.5 Å². The largest absolute Gasteiger partial charge is 0.508 e. The summed E-state index contributed by atoms with van der Waals surface area (Å²) in [6.45, 7) is -0.172. The lowest BCUT2D eigenvalue weighted by molar-refractivity contribution is -0.159. The summed E-state index contributed by atoms with van der Waals surface area (Å²) in [5.41, 5.74) is 0.712. The van der Waals surface area contributed by atoms with Crippen LogP contribution in [0, 0.1) is 0 Å². The molecule has 0 aliphatic rings. The van der Waals surface area contributed by atoms with Gasteiger partial charge in [0.25, 0.3) is 6.47 Å². The van der Waals surface area contributed by atoms with E-state index in [1.807, 2.05) is 0 Å². The molecule has 0 aliphatic carbocycles. The van der Waals surface area contributed by atoms with E-state index < -0.39 is 5.97 Å². The monoisotopic (exact) mass is 210 g/mol. The van der Waals surface area contributed by atoms with E-state index in [0.29, 0.717) is 5.56 Å². The van der Waals surface area contributed by atoms with E-state index in [0.717, 1.165) is 0 Å². The maximum Gasteiger partial charge on any atom is 0.313 e. The number of carbonyl (C=O) groups excluding carboxylic acids is 2. The van der Waals surface area contributed by atoms with E-state index in [9.17, 15) is 9.59 Å². The Labute approximate surface area is 86.2 Å². The highest BCUT2D eigenvalue weighted by Gasteiger charge is 2.04. The highest BCUT2D eigenvalue weighted by atomic mass is 16.7. The van der Waals surface area contributed by atoms with Gasteiger partial charge in [0, 0.05) is 0 Å². The van der Waals surface area contributed by atoms with Gasteiger partial charge in [-0.25, -0.2) is 0 Å². The lowest BCUT2D eigenvalue weighted by Crippen LogP contribution is -2.10. The SMILES string of the molecule is O=COCOC(=O)Cc1ccc(O)cc1. The minimum absolute atomic E-state index is 0.0719. The molecule has 1 rings (SSSR count). The Morgan fingerprint density at radius 2 is 2.00 bits per heavy atom. The van der Waals surface area contributed by atoms with Crippen LogP contribution in [0.25, 0.3) is 0 Å². The van der Waals surface area contributed by atoms with Crippen LogP contribution in [0.1, 0.15) is 5.56 Å². The Morgan fingerprint density at radius 3 is 2.60 bits per heavy atom. The predicted molar refractivity (Wildman–Crippen MR) is 49.9 cm³/mol. The number of esters is 1. The smallest absolute Gasteiger partial charge is 0.313 e. The van der Waals surface area contributed by atoms with Crippen LogP contribution in [0.2, 0.25) is 0 Å². The van der Waals surface area contributed by atoms with Crippen molar-refractivity contribution in [2.75, 3.05) is 6.79 Å². The van der Waals surface area contributed by atoms with Gasteiger partial charge in [-0.05, 0) is 17.7 Å². The van der Waals surface area contributed by atoms with Crippen molar-refractivity contribution in [3.8, 4) is 5.75 Å². The zero-order valence-corrected chi connectivity index (χ0v) is 7.88. The summed E-state index contributed by atoms with van der Waals surface area (Å²) in [5.74, 6) is -0.362. The first kappa shape index (κ1) is 11.0. The Morgan fingerprint density at radius 1 is 1.33 bits per heavy atom. The minimum Gasteiger partial charge on any atom is -0.508 e. The molecule has 0 aromatic heterocycles. The van der Waals surface area contributed by atoms with Crippen LogP contribution in [0.15, 0.2) is 24.3 Å². The van der Waals surface area contributed by atoms with Crippen molar-refractivity contribution < 1.29 is 24.2 Å². The molecule has 0 fully saturated rings. The average molecular weight is 210 g/mol. The van der Waals surface area contributed by atoms with Crippen LogP contribution in [0.3, 0.4) is 0 Å². The number of phenols is 1. The minimum atomic E-state index is -0.498. The number of ether oxygens (including phenoxy) is 2. The molecule has 1 N–H and O–H groups in total. The van der Waals surface area contributed by atoms with Gasteiger partial charge in [-0.3, -0.25) is 9.59 Å². The lowest BCUT2D eigenvalue weighted by atomic mass is 10.1. The average Bonchev–Trinajstić information content (AvgIpc) is 2.22. The van der Waals surface area contributed by atoms with Gasteiger partial charge < -0.3 is 14.6 Å². The van der Waals surface area contributed by atoms with Crippen molar-refractivity contribution in [2.24, 2.45) is 0 Å². The van der Waals surface area contributed by atoms with Crippen LogP contribution in [0.5, 0.6) is 5.75 Å². The molecule has 0 amide bonds. The van der Waals surface area contributed by atoms with Crippen molar-refractivity contribution in [3.63, 3.8) is 0 Å². The summed E-state index contributed by atoms with van der Waals surface area (Å²) in [5, 5.41) is 8.99. The number of carbonyl (C=O) groups is 2. The first-order valence-electron chi connectivity index (χ1n) is 4.21. The van der Waals surface area contributed by atoms with Crippen LogP contribution < -0.4 is 0 Å². The third-order valence-corrected chi connectivity index (χ3v) is 1.64. The van der Waals surface area contributed by atoms with Gasteiger partial charge in [-0.2, -0.15) is 0 Å². The first-order chi connectivity index (χ1) is 7.22. The molecule has 0 aliphatic heterocycles. The molecular formula is C10H10O5. The summed E-state index contributed by atoms with van der Waals surface area (Å²) in [7, 11) is 0. The first-order valence-corrected chi connectivity index (χ1v) is 4.21. The third kappa shape index (κ3) is 4.12. The van der Waals surface area contributed by atoms with E-state index >= 15 is 0 Å². The summed E-state index contributed by atoms with van der Waals surface area (Å²) >= 11 is 0. The fraction of sp³-hybridized carbons (Fsp3) is 0.200. The molecule has 0 atom stereocenters. The van der Waals surface area contributed by atoms with E-state index in [2.05, 4.69) is 9.47 Å². The third-order valence-electron chi connectivity index (χ3n) is 1.64. The molecule has 0 bridgehead atoms. The van der Waals surface area contributed by atoms with Gasteiger partial charge in [0.15, 0.2) is 0 Å². The Balaban J connectivity index is 2.37. The van der Waals surface area contributed by atoms with Gasteiger partial charge in [0.1, 0.15) is 5.75 Å². The molecule has 0 saturated heterocycles. The second-order valence-electron chi connectivity index (χ2n) is 2.74. The number of rotatable bonds is 5. The number of phenolic OH excluding ortho intramolecular Hbond substituents is 1. The summed E-state index contributed by atoms with van der Waals surface area (Å²) in [6.07, 6.45) is 0.0719. The van der Waals surface area contributed by atoms with Crippen LogP contribution in [-0.4, -0.2) is 24.3 Å². The van der Waals surface area contributed by atoms with Gasteiger partial charge in [-0.1, -0.05) is 12.1 Å². The maximum atomic E-state index is 11.1. The molecule has 80 valence electrons. The Kier molecular flexibility index (Phi) is 4.15. The van der Waals surface area contributed by atoms with E-state index in [-0.39, 0.29) is 25.4 Å². The second-order valence-corrected chi connectivity index (χ2v) is 2.74. The highest BCUT2D eigenvalue weighted by molar-refractivity contribution is 5.72. The van der Waals surface area contributed by atoms with Crippen LogP contribution >= 0.6 is 0 Å². The molecule has 0 saturated carbocycles. The van der Waals surface area contributed by atoms with Crippen LogP contribution in [0.4, 0.5) is 0 Å². The summed E-state index contributed by atoms with van der Waals surface area (Å²) in [6, 6.07) is 6.17. The standard InChI is InChI=1S/C10H10O5/c11-6-14-7-15-10(13)5-8-1-3-9(12)4-2-8/h1-4,6,12H,5,7H2. The van der Waals surface area contributed by atoms with Crippen molar-refractivity contribution in [1.29, 1.82) is 0 Å². The fourth-order valence-electron chi connectivity index (χ4n) is 0.959. The molecule has 0 heterocycles. The van der Waals surface area contributed by atoms with Crippen molar-refractivity contribution in [3.05, 3.63) is 29.8 Å². The van der Waals surface area contributed by atoms with Gasteiger partial charge in [0.05, 0.1) is 6.42 Å². The molecule has 5 heteroatoms. The number of aromatic hydroxyl groups is 1. The molecule has 5 nitrogen and oxygen atoms in total. The van der Waals surface area contributed by atoms with Gasteiger partial charge in [0.2, 0.25) is 6.79 Å². The number of benzene rings is 1. The molecule has 1 aromatic carbocycles. The molecule has 1 aromatic rings. The van der Waals surface area contributed by atoms with E-state index in [4.69, 9.17) is 5.11 Å². The predicted octanol–water partition coefficient (Wildman–Crippen LogP) is 0.608. The molecule has 15 heavy (non-hydrogen) atoms. The second kappa shape index (κ2) is 5.64. The molecule has 0 radical (unpaired) electrons. The quantitative estimate of drug-likeness (QED) is 0.333. The summed E-state index contributed by atoms with van der Waals surface area (Å²) in [4.78, 5) is 20.8.